The molecule has 0 aliphatic rings. The van der Waals surface area contributed by atoms with Gasteiger partial charge in [-0.15, -0.1) is 11.3 Å². The van der Waals surface area contributed by atoms with Crippen molar-refractivity contribution in [3.05, 3.63) is 29.3 Å². The van der Waals surface area contributed by atoms with Crippen LogP contribution in [0.2, 0.25) is 0 Å². The lowest BCUT2D eigenvalue weighted by Gasteiger charge is -2.10. The largest absolute Gasteiger partial charge is 0.469 e. The highest BCUT2D eigenvalue weighted by Gasteiger charge is 2.19. The van der Waals surface area contributed by atoms with E-state index < -0.39 is 0 Å². The Balaban J connectivity index is 2.27. The van der Waals surface area contributed by atoms with Crippen molar-refractivity contribution in [3.8, 4) is 0 Å². The number of carbonyl (C=O) groups is 1. The van der Waals surface area contributed by atoms with Gasteiger partial charge in [0, 0.05) is 7.11 Å². The molecule has 2 aromatic rings. The van der Waals surface area contributed by atoms with Gasteiger partial charge in [-0.25, -0.2) is 4.98 Å². The highest BCUT2D eigenvalue weighted by molar-refractivity contribution is 7.18. The molecule has 0 fully saturated rings. The molecule has 1 unspecified atom stereocenters. The highest BCUT2D eigenvalue weighted by Crippen LogP contribution is 2.29. The van der Waals surface area contributed by atoms with Gasteiger partial charge >= 0.3 is 5.97 Å². The molecular formula is C12H13NO3S. The van der Waals surface area contributed by atoms with Crippen LogP contribution in [0, 0.1) is 0 Å². The maximum atomic E-state index is 11.2. The van der Waals surface area contributed by atoms with Crippen LogP contribution in [0.15, 0.2) is 24.3 Å². The average molecular weight is 251 g/mol. The Morgan fingerprint density at radius 2 is 2.18 bits per heavy atom. The number of ether oxygens (including phenoxy) is 2. The summed E-state index contributed by atoms with van der Waals surface area (Å²) in [5.74, 6) is -0.295. The standard InChI is InChI=1S/C12H13NO3S/c1-15-9(7-11(14)16-2)12-13-8-5-3-4-6-10(8)17-12/h3-6,9H,7H2,1-2H3. The second kappa shape index (κ2) is 5.25. The van der Waals surface area contributed by atoms with Crippen LogP contribution in [-0.4, -0.2) is 25.2 Å². The lowest BCUT2D eigenvalue weighted by Crippen LogP contribution is -2.09. The SMILES string of the molecule is COC(=O)CC(OC)c1nc2ccccc2s1. The summed E-state index contributed by atoms with van der Waals surface area (Å²) in [4.78, 5) is 15.7. The molecule has 0 saturated heterocycles. The summed E-state index contributed by atoms with van der Waals surface area (Å²) in [5.41, 5.74) is 0.930. The Morgan fingerprint density at radius 1 is 1.41 bits per heavy atom. The Bertz CT molecular complexity index is 490. The van der Waals surface area contributed by atoms with Gasteiger partial charge in [-0.1, -0.05) is 12.1 Å². The van der Waals surface area contributed by atoms with E-state index in [4.69, 9.17) is 4.74 Å². The Labute approximate surface area is 103 Å². The number of nitrogens with zero attached hydrogens (tertiary/aromatic N) is 1. The van der Waals surface area contributed by atoms with Crippen molar-refractivity contribution in [2.24, 2.45) is 0 Å². The molecule has 1 aromatic heterocycles. The van der Waals surface area contributed by atoms with Gasteiger partial charge in [0.25, 0.3) is 0 Å². The number of fused-ring (bicyclic) bond motifs is 1. The molecule has 0 amide bonds. The van der Waals surface area contributed by atoms with Gasteiger partial charge in [0.05, 0.1) is 23.7 Å². The monoisotopic (exact) mass is 251 g/mol. The average Bonchev–Trinajstić information content (AvgIpc) is 2.78. The molecule has 0 bridgehead atoms. The van der Waals surface area contributed by atoms with Gasteiger partial charge in [-0.2, -0.15) is 0 Å². The van der Waals surface area contributed by atoms with Crippen molar-refractivity contribution in [1.29, 1.82) is 0 Å². The highest BCUT2D eigenvalue weighted by atomic mass is 32.1. The summed E-state index contributed by atoms with van der Waals surface area (Å²) < 4.78 is 11.0. The smallest absolute Gasteiger partial charge is 0.308 e. The van der Waals surface area contributed by atoms with Crippen molar-refractivity contribution >= 4 is 27.5 Å². The summed E-state index contributed by atoms with van der Waals surface area (Å²) in [6, 6.07) is 7.85. The van der Waals surface area contributed by atoms with E-state index in [0.717, 1.165) is 15.2 Å². The first-order valence-electron chi connectivity index (χ1n) is 5.19. The zero-order valence-corrected chi connectivity index (χ0v) is 10.5. The van der Waals surface area contributed by atoms with Crippen molar-refractivity contribution in [1.82, 2.24) is 4.98 Å². The molecule has 1 heterocycles. The minimum Gasteiger partial charge on any atom is -0.469 e. The molecule has 0 saturated carbocycles. The summed E-state index contributed by atoms with van der Waals surface area (Å²) in [7, 11) is 2.94. The van der Waals surface area contributed by atoms with E-state index in [1.165, 1.54) is 18.4 Å². The molecule has 17 heavy (non-hydrogen) atoms. The van der Waals surface area contributed by atoms with E-state index in [9.17, 15) is 4.79 Å². The number of benzene rings is 1. The molecule has 0 N–H and O–H groups in total. The van der Waals surface area contributed by atoms with Crippen molar-refractivity contribution in [2.75, 3.05) is 14.2 Å². The van der Waals surface area contributed by atoms with E-state index in [2.05, 4.69) is 9.72 Å². The first-order valence-corrected chi connectivity index (χ1v) is 6.01. The molecule has 1 atom stereocenters. The van der Waals surface area contributed by atoms with Gasteiger partial charge in [0.1, 0.15) is 11.1 Å². The third-order valence-electron chi connectivity index (χ3n) is 2.45. The predicted octanol–water partition coefficient (Wildman–Crippen LogP) is 2.55. The number of thiazole rings is 1. The number of hydrogen-bond donors (Lipinski definition) is 0. The third kappa shape index (κ3) is 2.62. The summed E-state index contributed by atoms with van der Waals surface area (Å²) in [6.45, 7) is 0. The maximum absolute atomic E-state index is 11.2. The molecule has 1 aromatic carbocycles. The van der Waals surface area contributed by atoms with E-state index >= 15 is 0 Å². The van der Waals surface area contributed by atoms with E-state index in [1.807, 2.05) is 24.3 Å². The number of para-hydroxylation sites is 1. The first-order chi connectivity index (χ1) is 8.24. The van der Waals surface area contributed by atoms with Crippen LogP contribution in [0.5, 0.6) is 0 Å². The van der Waals surface area contributed by atoms with Crippen LogP contribution in [0.25, 0.3) is 10.2 Å². The lowest BCUT2D eigenvalue weighted by atomic mass is 10.2. The first kappa shape index (κ1) is 12.0. The molecule has 2 rings (SSSR count). The molecule has 5 heteroatoms. The molecule has 90 valence electrons. The van der Waals surface area contributed by atoms with Crippen LogP contribution < -0.4 is 0 Å². The summed E-state index contributed by atoms with van der Waals surface area (Å²) in [5, 5.41) is 0.805. The Morgan fingerprint density at radius 3 is 2.82 bits per heavy atom. The molecular weight excluding hydrogens is 238 g/mol. The second-order valence-electron chi connectivity index (χ2n) is 3.52. The van der Waals surface area contributed by atoms with E-state index in [1.54, 1.807) is 7.11 Å². The minimum absolute atomic E-state index is 0.187. The Hall–Kier alpha value is -1.46. The van der Waals surface area contributed by atoms with Crippen molar-refractivity contribution in [3.63, 3.8) is 0 Å². The molecule has 0 radical (unpaired) electrons. The fourth-order valence-electron chi connectivity index (χ4n) is 1.53. The van der Waals surface area contributed by atoms with Gasteiger partial charge in [0.15, 0.2) is 0 Å². The molecule has 0 aliphatic heterocycles. The van der Waals surface area contributed by atoms with Crippen LogP contribution in [-0.2, 0) is 14.3 Å². The van der Waals surface area contributed by atoms with Gasteiger partial charge < -0.3 is 9.47 Å². The fraction of sp³-hybridized carbons (Fsp3) is 0.333. The number of rotatable bonds is 4. The molecule has 0 aliphatic carbocycles. The van der Waals surface area contributed by atoms with Crippen LogP contribution in [0.3, 0.4) is 0 Å². The second-order valence-corrected chi connectivity index (χ2v) is 4.59. The number of aromatic nitrogens is 1. The number of hydrogen-bond acceptors (Lipinski definition) is 5. The van der Waals surface area contributed by atoms with Crippen LogP contribution >= 0.6 is 11.3 Å². The predicted molar refractivity (Wildman–Crippen MR) is 66.0 cm³/mol. The quantitative estimate of drug-likeness (QED) is 0.783. The summed E-state index contributed by atoms with van der Waals surface area (Å²) >= 11 is 1.54. The fourth-order valence-corrected chi connectivity index (χ4v) is 2.58. The zero-order valence-electron chi connectivity index (χ0n) is 9.67. The molecule has 0 spiro atoms. The number of methoxy groups -OCH3 is 2. The minimum atomic E-state index is -0.333. The van der Waals surface area contributed by atoms with Crippen molar-refractivity contribution < 1.29 is 14.3 Å². The number of carbonyl (C=O) groups excluding carboxylic acids is 1. The third-order valence-corrected chi connectivity index (χ3v) is 3.58. The maximum Gasteiger partial charge on any atom is 0.308 e. The summed E-state index contributed by atoms with van der Waals surface area (Å²) in [6.07, 6.45) is -0.146. The van der Waals surface area contributed by atoms with Gasteiger partial charge in [-0.3, -0.25) is 4.79 Å². The number of esters is 1. The molecule has 4 nitrogen and oxygen atoms in total. The van der Waals surface area contributed by atoms with Crippen molar-refractivity contribution in [2.45, 2.75) is 12.5 Å². The normalized spacial score (nSPS) is 12.6. The lowest BCUT2D eigenvalue weighted by molar-refractivity contribution is -0.143. The van der Waals surface area contributed by atoms with Crippen LogP contribution in [0.1, 0.15) is 17.5 Å². The van der Waals surface area contributed by atoms with E-state index in [-0.39, 0.29) is 18.5 Å². The Kier molecular flexibility index (Phi) is 3.71. The van der Waals surface area contributed by atoms with Gasteiger partial charge in [0.2, 0.25) is 0 Å². The van der Waals surface area contributed by atoms with E-state index in [0.29, 0.717) is 0 Å². The van der Waals surface area contributed by atoms with Crippen LogP contribution in [0.4, 0.5) is 0 Å². The topological polar surface area (TPSA) is 48.4 Å². The zero-order chi connectivity index (χ0) is 12.3. The van der Waals surface area contributed by atoms with Gasteiger partial charge in [-0.05, 0) is 12.1 Å².